The van der Waals surface area contributed by atoms with Crippen molar-refractivity contribution in [3.8, 4) is 0 Å². The van der Waals surface area contributed by atoms with Crippen molar-refractivity contribution in [3.63, 3.8) is 0 Å². The molecular weight excluding hydrogens is 377 g/mol. The fraction of sp³-hybridized carbons (Fsp3) is 0.350. The normalized spacial score (nSPS) is 17.1. The smallest absolute Gasteiger partial charge is 0.407 e. The van der Waals surface area contributed by atoms with Gasteiger partial charge >= 0.3 is 12.1 Å². The standard InChI is InChI=1S/C20H24FN5O3/c1-13-6-7-16(10-22-13)23-19(27)24-17-5-3-4-15(18(17)21)12-25-8-9-26(20(28)29)14(2)11-25/h3-7,10,14H,8-9,11-12H2,1-2H3,(H,28,29)(H2,23,24,27)/t14-/m1/s1. The maximum absolute atomic E-state index is 14.9. The Kier molecular flexibility index (Phi) is 6.28. The van der Waals surface area contributed by atoms with Crippen LogP contribution in [0.3, 0.4) is 0 Å². The van der Waals surface area contributed by atoms with Gasteiger partial charge in [-0.1, -0.05) is 12.1 Å². The SMILES string of the molecule is Cc1ccc(NC(=O)Nc2cccc(CN3CCN(C(=O)O)[C@H](C)C3)c2F)cn1. The predicted octanol–water partition coefficient (Wildman–Crippen LogP) is 3.36. The molecule has 154 valence electrons. The highest BCUT2D eigenvalue weighted by Gasteiger charge is 2.27. The second-order valence-corrected chi connectivity index (χ2v) is 7.11. The van der Waals surface area contributed by atoms with Gasteiger partial charge in [0.05, 0.1) is 17.6 Å². The molecule has 29 heavy (non-hydrogen) atoms. The van der Waals surface area contributed by atoms with Crippen LogP contribution in [0.1, 0.15) is 18.2 Å². The minimum Gasteiger partial charge on any atom is -0.465 e. The zero-order valence-corrected chi connectivity index (χ0v) is 16.4. The van der Waals surface area contributed by atoms with Crippen LogP contribution < -0.4 is 10.6 Å². The molecule has 1 aliphatic rings. The van der Waals surface area contributed by atoms with Gasteiger partial charge in [0.2, 0.25) is 0 Å². The molecule has 0 unspecified atom stereocenters. The zero-order chi connectivity index (χ0) is 21.0. The third-order valence-electron chi connectivity index (χ3n) is 4.85. The molecule has 3 amide bonds. The number of amides is 3. The summed E-state index contributed by atoms with van der Waals surface area (Å²) >= 11 is 0. The van der Waals surface area contributed by atoms with Crippen molar-refractivity contribution in [3.05, 3.63) is 53.6 Å². The summed E-state index contributed by atoms with van der Waals surface area (Å²) in [5.41, 5.74) is 1.86. The van der Waals surface area contributed by atoms with E-state index in [-0.39, 0.29) is 11.7 Å². The quantitative estimate of drug-likeness (QED) is 0.730. The monoisotopic (exact) mass is 401 g/mol. The first-order valence-electron chi connectivity index (χ1n) is 9.33. The number of pyridine rings is 1. The van der Waals surface area contributed by atoms with E-state index in [1.807, 2.05) is 18.7 Å². The van der Waals surface area contributed by atoms with Crippen LogP contribution in [0.25, 0.3) is 0 Å². The van der Waals surface area contributed by atoms with Gasteiger partial charge < -0.3 is 20.6 Å². The van der Waals surface area contributed by atoms with E-state index in [0.29, 0.717) is 37.4 Å². The van der Waals surface area contributed by atoms with E-state index < -0.39 is 17.9 Å². The molecule has 1 saturated heterocycles. The number of piperazine rings is 1. The number of urea groups is 1. The van der Waals surface area contributed by atoms with Crippen LogP contribution in [0.5, 0.6) is 0 Å². The van der Waals surface area contributed by atoms with Gasteiger partial charge in [0.25, 0.3) is 0 Å². The lowest BCUT2D eigenvalue weighted by molar-refractivity contribution is 0.0707. The van der Waals surface area contributed by atoms with E-state index >= 15 is 0 Å². The van der Waals surface area contributed by atoms with E-state index in [2.05, 4.69) is 15.6 Å². The Hall–Kier alpha value is -3.20. The maximum Gasteiger partial charge on any atom is 0.407 e. The van der Waals surface area contributed by atoms with Crippen molar-refractivity contribution < 1.29 is 19.1 Å². The molecule has 0 aliphatic carbocycles. The average Bonchev–Trinajstić information content (AvgIpc) is 2.66. The van der Waals surface area contributed by atoms with Gasteiger partial charge in [0, 0.05) is 43.5 Å². The van der Waals surface area contributed by atoms with E-state index in [1.165, 1.54) is 17.2 Å². The minimum atomic E-state index is -0.940. The highest BCUT2D eigenvalue weighted by molar-refractivity contribution is 5.99. The van der Waals surface area contributed by atoms with E-state index in [1.54, 1.807) is 24.3 Å². The first-order chi connectivity index (χ1) is 13.8. The van der Waals surface area contributed by atoms with Gasteiger partial charge in [0.1, 0.15) is 0 Å². The lowest BCUT2D eigenvalue weighted by Gasteiger charge is -2.38. The number of nitrogens with one attached hydrogen (secondary N) is 2. The molecule has 1 aromatic carbocycles. The van der Waals surface area contributed by atoms with Crippen LogP contribution in [-0.4, -0.2) is 57.7 Å². The molecule has 3 rings (SSSR count). The Morgan fingerprint density at radius 3 is 2.69 bits per heavy atom. The van der Waals surface area contributed by atoms with Gasteiger partial charge in [-0.25, -0.2) is 14.0 Å². The number of halogens is 1. The fourth-order valence-corrected chi connectivity index (χ4v) is 3.33. The Bertz CT molecular complexity index is 890. The van der Waals surface area contributed by atoms with Gasteiger partial charge in [0.15, 0.2) is 5.82 Å². The number of anilines is 2. The molecule has 8 nitrogen and oxygen atoms in total. The van der Waals surface area contributed by atoms with E-state index in [9.17, 15) is 14.0 Å². The number of rotatable bonds is 4. The number of nitrogens with zero attached hydrogens (tertiary/aromatic N) is 3. The average molecular weight is 401 g/mol. The summed E-state index contributed by atoms with van der Waals surface area (Å²) < 4.78 is 14.9. The van der Waals surface area contributed by atoms with Gasteiger partial charge in [-0.05, 0) is 32.0 Å². The molecule has 1 fully saturated rings. The summed E-state index contributed by atoms with van der Waals surface area (Å²) in [5, 5.41) is 14.3. The largest absolute Gasteiger partial charge is 0.465 e. The number of carbonyl (C=O) groups is 2. The zero-order valence-electron chi connectivity index (χ0n) is 16.4. The first kappa shape index (κ1) is 20.5. The molecule has 2 aromatic rings. The van der Waals surface area contributed by atoms with Crippen LogP contribution in [0, 0.1) is 12.7 Å². The lowest BCUT2D eigenvalue weighted by Crippen LogP contribution is -2.53. The van der Waals surface area contributed by atoms with E-state index in [4.69, 9.17) is 5.11 Å². The molecule has 2 heterocycles. The molecule has 1 aromatic heterocycles. The van der Waals surface area contributed by atoms with Crippen molar-refractivity contribution in [1.82, 2.24) is 14.8 Å². The molecule has 3 N–H and O–H groups in total. The van der Waals surface area contributed by atoms with Crippen LogP contribution in [0.4, 0.5) is 25.4 Å². The molecule has 0 saturated carbocycles. The number of aryl methyl sites for hydroxylation is 1. The van der Waals surface area contributed by atoms with Gasteiger partial charge in [-0.2, -0.15) is 0 Å². The second kappa shape index (κ2) is 8.87. The molecule has 0 spiro atoms. The van der Waals surface area contributed by atoms with Crippen LogP contribution in [0.2, 0.25) is 0 Å². The van der Waals surface area contributed by atoms with Crippen LogP contribution in [0.15, 0.2) is 36.5 Å². The Balaban J connectivity index is 1.62. The maximum atomic E-state index is 14.9. The molecule has 0 radical (unpaired) electrons. The summed E-state index contributed by atoms with van der Waals surface area (Å²) in [6.45, 7) is 5.43. The Labute approximate surface area is 168 Å². The minimum absolute atomic E-state index is 0.0808. The number of hydrogen-bond acceptors (Lipinski definition) is 4. The molecule has 9 heteroatoms. The Morgan fingerprint density at radius 2 is 2.03 bits per heavy atom. The Morgan fingerprint density at radius 1 is 1.24 bits per heavy atom. The summed E-state index contributed by atoms with van der Waals surface area (Å²) in [7, 11) is 0. The second-order valence-electron chi connectivity index (χ2n) is 7.11. The van der Waals surface area contributed by atoms with Crippen molar-refractivity contribution >= 4 is 23.5 Å². The van der Waals surface area contributed by atoms with Crippen molar-refractivity contribution in [2.45, 2.75) is 26.4 Å². The first-order valence-corrected chi connectivity index (χ1v) is 9.33. The number of benzene rings is 1. The van der Waals surface area contributed by atoms with Crippen molar-refractivity contribution in [2.24, 2.45) is 0 Å². The third kappa shape index (κ3) is 5.20. The highest BCUT2D eigenvalue weighted by atomic mass is 19.1. The molecule has 1 atom stereocenters. The topological polar surface area (TPSA) is 97.8 Å². The summed E-state index contributed by atoms with van der Waals surface area (Å²) in [6, 6.07) is 7.59. The highest BCUT2D eigenvalue weighted by Crippen LogP contribution is 2.21. The number of hydrogen-bond donors (Lipinski definition) is 3. The van der Waals surface area contributed by atoms with Crippen molar-refractivity contribution in [1.29, 1.82) is 0 Å². The van der Waals surface area contributed by atoms with Crippen molar-refractivity contribution in [2.75, 3.05) is 30.3 Å². The van der Waals surface area contributed by atoms with Crippen LogP contribution >= 0.6 is 0 Å². The lowest BCUT2D eigenvalue weighted by atomic mass is 10.1. The van der Waals surface area contributed by atoms with Crippen LogP contribution in [-0.2, 0) is 6.54 Å². The van der Waals surface area contributed by atoms with Gasteiger partial charge in [-0.15, -0.1) is 0 Å². The summed E-state index contributed by atoms with van der Waals surface area (Å²) in [6.07, 6.45) is 0.587. The number of carbonyl (C=O) groups excluding carboxylic acids is 1. The van der Waals surface area contributed by atoms with E-state index in [0.717, 1.165) is 5.69 Å². The summed E-state index contributed by atoms with van der Waals surface area (Å²) in [5.74, 6) is -0.502. The fourth-order valence-electron chi connectivity index (χ4n) is 3.33. The molecular formula is C20H24FN5O3. The third-order valence-corrected chi connectivity index (χ3v) is 4.85. The summed E-state index contributed by atoms with van der Waals surface area (Å²) in [4.78, 5) is 30.8. The molecule has 1 aliphatic heterocycles. The number of carboxylic acid groups (broad SMARTS) is 1. The predicted molar refractivity (Wildman–Crippen MR) is 107 cm³/mol. The number of aromatic nitrogens is 1. The molecule has 0 bridgehead atoms. The van der Waals surface area contributed by atoms with Gasteiger partial charge in [-0.3, -0.25) is 9.88 Å².